The normalized spacial score (nSPS) is 16.4. The number of benzene rings is 3. The molecule has 4 aromatic rings. The standard InChI is InChI=1S/C48H64FN3O9/c1-33(2)44-43(46(54)51-37-17-19-38(20-18-37)58-30-29-57-28-27-56-26-25-55-24-22-50)42(34-11-9-8-10-12-34)45(35-13-15-36(49)16-14-35)52(44)23-21-39-31-40(60-48(6,7)59-39)32-41(53)61-47(3,4)5/h8-20,33,39-40H,21-32,50H2,1-7H3,(H,51,54)/t39-,40-/m1/s1. The molecule has 13 heteroatoms. The van der Waals surface area contributed by atoms with Gasteiger partial charge in [0.1, 0.15) is 23.8 Å². The van der Waals surface area contributed by atoms with Gasteiger partial charge in [0.15, 0.2) is 5.79 Å². The highest BCUT2D eigenvalue weighted by atomic mass is 19.1. The van der Waals surface area contributed by atoms with Gasteiger partial charge >= 0.3 is 5.97 Å². The molecular formula is C48H64FN3O9. The van der Waals surface area contributed by atoms with Gasteiger partial charge in [0.05, 0.1) is 69.5 Å². The molecule has 0 saturated carbocycles. The van der Waals surface area contributed by atoms with E-state index < -0.39 is 17.5 Å². The van der Waals surface area contributed by atoms with Gasteiger partial charge in [-0.3, -0.25) is 9.59 Å². The molecule has 1 aliphatic rings. The number of halogens is 1. The fourth-order valence-electron chi connectivity index (χ4n) is 7.53. The van der Waals surface area contributed by atoms with Gasteiger partial charge in [0.2, 0.25) is 0 Å². The number of nitrogens with zero attached hydrogens (tertiary/aromatic N) is 1. The van der Waals surface area contributed by atoms with E-state index in [-0.39, 0.29) is 36.1 Å². The number of hydrogen-bond donors (Lipinski definition) is 2. The number of hydrogen-bond acceptors (Lipinski definition) is 10. The summed E-state index contributed by atoms with van der Waals surface area (Å²) >= 11 is 0. The monoisotopic (exact) mass is 845 g/mol. The first kappa shape index (κ1) is 47.4. The van der Waals surface area contributed by atoms with Gasteiger partial charge in [-0.1, -0.05) is 44.2 Å². The van der Waals surface area contributed by atoms with Gasteiger partial charge in [-0.05, 0) is 107 Å². The van der Waals surface area contributed by atoms with E-state index in [1.807, 2.05) is 89.2 Å². The summed E-state index contributed by atoms with van der Waals surface area (Å²) in [7, 11) is 0. The number of nitrogens with two attached hydrogens (primary N) is 1. The van der Waals surface area contributed by atoms with Gasteiger partial charge in [-0.15, -0.1) is 0 Å². The van der Waals surface area contributed by atoms with Crippen LogP contribution in [0.15, 0.2) is 78.9 Å². The molecule has 332 valence electrons. The predicted molar refractivity (Wildman–Crippen MR) is 234 cm³/mol. The van der Waals surface area contributed by atoms with Crippen LogP contribution in [0.4, 0.5) is 10.1 Å². The molecule has 0 spiro atoms. The lowest BCUT2D eigenvalue weighted by Gasteiger charge is -2.41. The van der Waals surface area contributed by atoms with E-state index >= 15 is 0 Å². The average molecular weight is 846 g/mol. The van der Waals surface area contributed by atoms with E-state index in [2.05, 4.69) is 23.7 Å². The summed E-state index contributed by atoms with van der Waals surface area (Å²) in [5, 5.41) is 3.15. The smallest absolute Gasteiger partial charge is 0.308 e. The second-order valence-electron chi connectivity index (χ2n) is 16.8. The van der Waals surface area contributed by atoms with Crippen LogP contribution in [-0.4, -0.2) is 92.8 Å². The van der Waals surface area contributed by atoms with Crippen molar-refractivity contribution in [1.29, 1.82) is 0 Å². The van der Waals surface area contributed by atoms with E-state index in [0.29, 0.717) is 89.2 Å². The molecule has 1 aliphatic heterocycles. The first-order valence-corrected chi connectivity index (χ1v) is 21.3. The van der Waals surface area contributed by atoms with Gasteiger partial charge in [-0.25, -0.2) is 4.39 Å². The maximum Gasteiger partial charge on any atom is 0.308 e. The quantitative estimate of drug-likeness (QED) is 0.0583. The molecule has 0 unspecified atom stereocenters. The molecule has 12 nitrogen and oxygen atoms in total. The summed E-state index contributed by atoms with van der Waals surface area (Å²) in [5.41, 5.74) is 9.91. The molecule has 2 atom stereocenters. The minimum atomic E-state index is -0.933. The molecule has 1 fully saturated rings. The Hall–Kier alpha value is -4.63. The van der Waals surface area contributed by atoms with E-state index in [9.17, 15) is 14.0 Å². The minimum absolute atomic E-state index is 0.0933. The fraction of sp³-hybridized carbons (Fsp3) is 0.500. The second-order valence-corrected chi connectivity index (χ2v) is 16.8. The summed E-state index contributed by atoms with van der Waals surface area (Å²) in [4.78, 5) is 27.6. The Kier molecular flexibility index (Phi) is 17.5. The fourth-order valence-corrected chi connectivity index (χ4v) is 7.53. The van der Waals surface area contributed by atoms with Crippen molar-refractivity contribution in [2.24, 2.45) is 5.73 Å². The molecular weight excluding hydrogens is 782 g/mol. The highest BCUT2D eigenvalue weighted by Crippen LogP contribution is 2.43. The Morgan fingerprint density at radius 2 is 1.44 bits per heavy atom. The number of amides is 1. The van der Waals surface area contributed by atoms with Crippen LogP contribution in [0.2, 0.25) is 0 Å². The van der Waals surface area contributed by atoms with Crippen LogP contribution < -0.4 is 15.8 Å². The van der Waals surface area contributed by atoms with Crippen molar-refractivity contribution in [3.05, 3.63) is 95.9 Å². The van der Waals surface area contributed by atoms with Crippen LogP contribution in [-0.2, 0) is 39.8 Å². The summed E-state index contributed by atoms with van der Waals surface area (Å²) < 4.78 is 57.1. The lowest BCUT2D eigenvalue weighted by molar-refractivity contribution is -0.301. The minimum Gasteiger partial charge on any atom is -0.491 e. The number of esters is 1. The van der Waals surface area contributed by atoms with E-state index in [4.69, 9.17) is 38.9 Å². The lowest BCUT2D eigenvalue weighted by Crippen LogP contribution is -2.46. The van der Waals surface area contributed by atoms with Gasteiger partial charge in [0, 0.05) is 36.5 Å². The number of nitrogens with one attached hydrogen (secondary N) is 1. The Morgan fingerprint density at radius 1 is 0.836 bits per heavy atom. The van der Waals surface area contributed by atoms with E-state index in [0.717, 1.165) is 28.1 Å². The van der Waals surface area contributed by atoms with E-state index in [1.165, 1.54) is 12.1 Å². The Labute approximate surface area is 360 Å². The van der Waals surface area contributed by atoms with Crippen LogP contribution >= 0.6 is 0 Å². The Balaban J connectivity index is 1.38. The highest BCUT2D eigenvalue weighted by Gasteiger charge is 2.38. The second kappa shape index (κ2) is 22.5. The maximum absolute atomic E-state index is 14.8. The van der Waals surface area contributed by atoms with Crippen LogP contribution in [0.1, 0.15) is 89.7 Å². The largest absolute Gasteiger partial charge is 0.491 e. The predicted octanol–water partition coefficient (Wildman–Crippen LogP) is 8.76. The first-order chi connectivity index (χ1) is 29.1. The third kappa shape index (κ3) is 14.5. The average Bonchev–Trinajstić information content (AvgIpc) is 3.55. The van der Waals surface area contributed by atoms with Crippen molar-refractivity contribution in [2.45, 2.75) is 104 Å². The Bertz CT molecular complexity index is 1980. The molecule has 1 aromatic heterocycles. The number of ether oxygens (including phenoxy) is 7. The van der Waals surface area contributed by atoms with Crippen molar-refractivity contribution in [3.63, 3.8) is 0 Å². The van der Waals surface area contributed by atoms with Crippen molar-refractivity contribution >= 4 is 17.6 Å². The number of aromatic nitrogens is 1. The zero-order valence-corrected chi connectivity index (χ0v) is 36.8. The van der Waals surface area contributed by atoms with Gasteiger partial charge < -0.3 is 48.8 Å². The topological polar surface area (TPSA) is 142 Å². The Morgan fingerprint density at radius 3 is 2.05 bits per heavy atom. The molecule has 0 aliphatic carbocycles. The molecule has 1 amide bonds. The third-order valence-electron chi connectivity index (χ3n) is 9.79. The molecule has 0 bridgehead atoms. The molecule has 3 N–H and O–H groups in total. The third-order valence-corrected chi connectivity index (χ3v) is 9.79. The molecule has 61 heavy (non-hydrogen) atoms. The van der Waals surface area contributed by atoms with Gasteiger partial charge in [0.25, 0.3) is 5.91 Å². The first-order valence-electron chi connectivity index (χ1n) is 21.3. The SMILES string of the molecule is CC(C)c1c(C(=O)Nc2ccc(OCCOCCOCCOCCN)cc2)c(-c2ccccc2)c(-c2ccc(F)cc2)n1CC[C@@H]1C[C@H](CC(=O)OC(C)(C)C)OC(C)(C)O1. The van der Waals surface area contributed by atoms with Crippen LogP contribution in [0.5, 0.6) is 5.75 Å². The maximum atomic E-state index is 14.8. The number of carbonyl (C=O) groups is 2. The number of carbonyl (C=O) groups excluding carboxylic acids is 2. The van der Waals surface area contributed by atoms with Crippen LogP contribution in [0.3, 0.4) is 0 Å². The van der Waals surface area contributed by atoms with Crippen LogP contribution in [0.25, 0.3) is 22.4 Å². The number of rotatable bonds is 22. The molecule has 2 heterocycles. The number of anilines is 1. The lowest BCUT2D eigenvalue weighted by atomic mass is 9.94. The molecule has 3 aromatic carbocycles. The molecule has 1 saturated heterocycles. The summed E-state index contributed by atoms with van der Waals surface area (Å²) in [5.74, 6) is -1.35. The van der Waals surface area contributed by atoms with Crippen molar-refractivity contribution in [2.75, 3.05) is 58.1 Å². The van der Waals surface area contributed by atoms with E-state index in [1.54, 1.807) is 12.1 Å². The van der Waals surface area contributed by atoms with Crippen molar-refractivity contribution in [3.8, 4) is 28.1 Å². The highest BCUT2D eigenvalue weighted by molar-refractivity contribution is 6.12. The van der Waals surface area contributed by atoms with Crippen molar-refractivity contribution in [1.82, 2.24) is 4.57 Å². The zero-order valence-electron chi connectivity index (χ0n) is 36.8. The summed E-state index contributed by atoms with van der Waals surface area (Å²) in [6, 6.07) is 23.4. The van der Waals surface area contributed by atoms with Gasteiger partial charge in [-0.2, -0.15) is 0 Å². The van der Waals surface area contributed by atoms with Crippen molar-refractivity contribution < 1.29 is 47.1 Å². The summed E-state index contributed by atoms with van der Waals surface area (Å²) in [6.07, 6.45) is 0.482. The van der Waals surface area contributed by atoms with Crippen LogP contribution in [0, 0.1) is 5.82 Å². The molecule has 5 rings (SSSR count). The zero-order chi connectivity index (χ0) is 44.0. The summed E-state index contributed by atoms with van der Waals surface area (Å²) in [6.45, 7) is 17.5. The molecule has 0 radical (unpaired) electrons.